The Morgan fingerprint density at radius 2 is 1.74 bits per heavy atom. The number of nitrogens with one attached hydrogen (secondary N) is 1. The fraction of sp³-hybridized carbons (Fsp3) is 0.500. The summed E-state index contributed by atoms with van der Waals surface area (Å²) in [5.41, 5.74) is 3.02. The van der Waals surface area contributed by atoms with Gasteiger partial charge in [-0.25, -0.2) is 0 Å². The van der Waals surface area contributed by atoms with Crippen LogP contribution < -0.4 is 10.1 Å². The average molecular weight is 464 g/mol. The molecule has 2 aromatic rings. The summed E-state index contributed by atoms with van der Waals surface area (Å²) in [6.07, 6.45) is 5.42. The molecule has 1 aliphatic heterocycles. The van der Waals surface area contributed by atoms with E-state index in [-0.39, 0.29) is 17.9 Å². The first kappa shape index (κ1) is 24.3. The van der Waals surface area contributed by atoms with E-state index in [1.807, 2.05) is 60.4 Å². The smallest absolute Gasteiger partial charge is 0.253 e. The molecule has 182 valence electrons. The number of carbonyl (C=O) groups is 2. The third-order valence-electron chi connectivity index (χ3n) is 7.25. The summed E-state index contributed by atoms with van der Waals surface area (Å²) in [4.78, 5) is 30.5. The van der Waals surface area contributed by atoms with Gasteiger partial charge < -0.3 is 15.0 Å². The lowest BCUT2D eigenvalue weighted by Crippen LogP contribution is -2.58. The highest BCUT2D eigenvalue weighted by Crippen LogP contribution is 2.31. The second kappa shape index (κ2) is 11.5. The van der Waals surface area contributed by atoms with Gasteiger partial charge in [0.1, 0.15) is 5.75 Å². The lowest BCUT2D eigenvalue weighted by molar-refractivity contribution is -0.129. The number of rotatable bonds is 8. The second-order valence-corrected chi connectivity index (χ2v) is 9.58. The number of amides is 2. The van der Waals surface area contributed by atoms with E-state index in [1.165, 1.54) is 18.4 Å². The number of nitrogens with zero attached hydrogens (tertiary/aromatic N) is 2. The van der Waals surface area contributed by atoms with Crippen LogP contribution in [0.4, 0.5) is 0 Å². The van der Waals surface area contributed by atoms with Crippen molar-refractivity contribution in [2.45, 2.75) is 45.1 Å². The summed E-state index contributed by atoms with van der Waals surface area (Å²) in [7, 11) is 1.66. The zero-order valence-corrected chi connectivity index (χ0v) is 20.5. The Balaban J connectivity index is 1.33. The number of ether oxygens (including phenoxy) is 1. The molecule has 6 nitrogen and oxygen atoms in total. The predicted molar refractivity (Wildman–Crippen MR) is 134 cm³/mol. The van der Waals surface area contributed by atoms with E-state index in [2.05, 4.69) is 10.2 Å². The van der Waals surface area contributed by atoms with E-state index in [0.29, 0.717) is 25.6 Å². The molecule has 2 amide bonds. The van der Waals surface area contributed by atoms with Gasteiger partial charge in [-0.1, -0.05) is 42.7 Å². The maximum absolute atomic E-state index is 13.3. The Hall–Kier alpha value is -2.86. The molecule has 0 spiro atoms. The van der Waals surface area contributed by atoms with Crippen LogP contribution in [0, 0.1) is 12.8 Å². The van der Waals surface area contributed by atoms with Crippen LogP contribution in [0.25, 0.3) is 0 Å². The highest BCUT2D eigenvalue weighted by molar-refractivity contribution is 5.94. The summed E-state index contributed by atoms with van der Waals surface area (Å²) in [5, 5.41) is 3.21. The Morgan fingerprint density at radius 1 is 1.03 bits per heavy atom. The summed E-state index contributed by atoms with van der Waals surface area (Å²) in [5.74, 6) is 1.47. The van der Waals surface area contributed by atoms with Gasteiger partial charge in [-0.15, -0.1) is 0 Å². The molecule has 1 aliphatic carbocycles. The van der Waals surface area contributed by atoms with Gasteiger partial charge in [0.15, 0.2) is 0 Å². The summed E-state index contributed by atoms with van der Waals surface area (Å²) < 4.78 is 5.22. The molecule has 0 unspecified atom stereocenters. The van der Waals surface area contributed by atoms with Gasteiger partial charge in [-0.05, 0) is 61.9 Å². The van der Waals surface area contributed by atoms with Crippen molar-refractivity contribution in [3.05, 3.63) is 65.2 Å². The SMILES string of the molecule is COc1ccc(CCNC(=O)[C@@H](C2CCCC2)N2CCN(C(=O)c3cccc(C)c3)CC2)cc1. The number of piperazine rings is 1. The zero-order valence-electron chi connectivity index (χ0n) is 20.5. The molecule has 1 atom stereocenters. The molecule has 1 N–H and O–H groups in total. The highest BCUT2D eigenvalue weighted by atomic mass is 16.5. The van der Waals surface area contributed by atoms with Crippen LogP contribution in [-0.4, -0.2) is 67.5 Å². The summed E-state index contributed by atoms with van der Waals surface area (Å²) in [6.45, 7) is 5.44. The number of aryl methyl sites for hydroxylation is 1. The van der Waals surface area contributed by atoms with Gasteiger partial charge in [-0.3, -0.25) is 14.5 Å². The summed E-state index contributed by atoms with van der Waals surface area (Å²) >= 11 is 0. The number of carbonyl (C=O) groups excluding carboxylic acids is 2. The van der Waals surface area contributed by atoms with Crippen molar-refractivity contribution >= 4 is 11.8 Å². The second-order valence-electron chi connectivity index (χ2n) is 9.58. The maximum Gasteiger partial charge on any atom is 0.253 e. The predicted octanol–water partition coefficient (Wildman–Crippen LogP) is 3.68. The monoisotopic (exact) mass is 463 g/mol. The van der Waals surface area contributed by atoms with Crippen molar-refractivity contribution in [3.8, 4) is 5.75 Å². The van der Waals surface area contributed by atoms with Gasteiger partial charge in [0, 0.05) is 38.3 Å². The van der Waals surface area contributed by atoms with Crippen molar-refractivity contribution in [2.24, 2.45) is 5.92 Å². The largest absolute Gasteiger partial charge is 0.497 e. The topological polar surface area (TPSA) is 61.9 Å². The van der Waals surface area contributed by atoms with Crippen molar-refractivity contribution in [1.82, 2.24) is 15.1 Å². The average Bonchev–Trinajstić information content (AvgIpc) is 3.39. The fourth-order valence-electron chi connectivity index (χ4n) is 5.34. The lowest BCUT2D eigenvalue weighted by atomic mass is 9.94. The van der Waals surface area contributed by atoms with Gasteiger partial charge in [0.05, 0.1) is 13.2 Å². The molecular formula is C28H37N3O3. The minimum atomic E-state index is -0.102. The number of benzene rings is 2. The standard InChI is InChI=1S/C28H37N3O3/c1-21-6-5-9-24(20-21)28(33)31-18-16-30(17-19-31)26(23-7-3-4-8-23)27(32)29-15-14-22-10-12-25(34-2)13-11-22/h5-6,9-13,20,23,26H,3-4,7-8,14-19H2,1-2H3,(H,29,32)/t26-/m1/s1. The maximum atomic E-state index is 13.3. The molecule has 0 bridgehead atoms. The van der Waals surface area contributed by atoms with Crippen molar-refractivity contribution in [1.29, 1.82) is 0 Å². The molecule has 1 saturated heterocycles. The van der Waals surface area contributed by atoms with E-state index < -0.39 is 0 Å². The van der Waals surface area contributed by atoms with Crippen LogP contribution in [-0.2, 0) is 11.2 Å². The minimum Gasteiger partial charge on any atom is -0.497 e. The van der Waals surface area contributed by atoms with Crippen LogP contribution >= 0.6 is 0 Å². The normalized spacial score (nSPS) is 18.0. The first-order valence-electron chi connectivity index (χ1n) is 12.6. The minimum absolute atomic E-state index is 0.0877. The molecule has 2 fully saturated rings. The molecule has 1 saturated carbocycles. The lowest BCUT2D eigenvalue weighted by Gasteiger charge is -2.40. The Kier molecular flexibility index (Phi) is 8.22. The van der Waals surface area contributed by atoms with Crippen molar-refractivity contribution < 1.29 is 14.3 Å². The number of methoxy groups -OCH3 is 1. The van der Waals surface area contributed by atoms with Gasteiger partial charge in [0.2, 0.25) is 5.91 Å². The van der Waals surface area contributed by atoms with Gasteiger partial charge in [-0.2, -0.15) is 0 Å². The van der Waals surface area contributed by atoms with Crippen LogP contribution in [0.2, 0.25) is 0 Å². The zero-order chi connectivity index (χ0) is 23.9. The van der Waals surface area contributed by atoms with Crippen LogP contribution in [0.15, 0.2) is 48.5 Å². The first-order chi connectivity index (χ1) is 16.5. The van der Waals surface area contributed by atoms with Crippen molar-refractivity contribution in [3.63, 3.8) is 0 Å². The highest BCUT2D eigenvalue weighted by Gasteiger charge is 2.37. The molecule has 0 aromatic heterocycles. The number of hydrogen-bond acceptors (Lipinski definition) is 4. The Bertz CT molecular complexity index is 961. The number of hydrogen-bond donors (Lipinski definition) is 1. The summed E-state index contributed by atoms with van der Waals surface area (Å²) in [6, 6.07) is 15.7. The quantitative estimate of drug-likeness (QED) is 0.649. The Labute approximate surface area is 203 Å². The molecule has 2 aromatic carbocycles. The van der Waals surface area contributed by atoms with E-state index in [1.54, 1.807) is 7.11 Å². The van der Waals surface area contributed by atoms with E-state index in [9.17, 15) is 9.59 Å². The third kappa shape index (κ3) is 5.98. The van der Waals surface area contributed by atoms with Crippen LogP contribution in [0.3, 0.4) is 0 Å². The Morgan fingerprint density at radius 3 is 2.38 bits per heavy atom. The van der Waals surface area contributed by atoms with Crippen LogP contribution in [0.5, 0.6) is 5.75 Å². The fourth-order valence-corrected chi connectivity index (χ4v) is 5.34. The molecule has 34 heavy (non-hydrogen) atoms. The van der Waals surface area contributed by atoms with E-state index >= 15 is 0 Å². The molecule has 1 heterocycles. The van der Waals surface area contributed by atoms with E-state index in [0.717, 1.165) is 49.2 Å². The van der Waals surface area contributed by atoms with Crippen LogP contribution in [0.1, 0.15) is 47.2 Å². The van der Waals surface area contributed by atoms with Crippen molar-refractivity contribution in [2.75, 3.05) is 39.8 Å². The molecular weight excluding hydrogens is 426 g/mol. The first-order valence-corrected chi connectivity index (χ1v) is 12.6. The van der Waals surface area contributed by atoms with Gasteiger partial charge >= 0.3 is 0 Å². The molecule has 0 radical (unpaired) electrons. The molecule has 6 heteroatoms. The van der Waals surface area contributed by atoms with E-state index in [4.69, 9.17) is 4.74 Å². The third-order valence-corrected chi connectivity index (χ3v) is 7.25. The van der Waals surface area contributed by atoms with Gasteiger partial charge in [0.25, 0.3) is 5.91 Å². The molecule has 4 rings (SSSR count). The molecule has 2 aliphatic rings.